The Labute approximate surface area is 142 Å². The second-order valence-corrected chi connectivity index (χ2v) is 5.10. The lowest BCUT2D eigenvalue weighted by Crippen LogP contribution is -2.41. The fourth-order valence-electron chi connectivity index (χ4n) is 1.97. The molecule has 0 atom stereocenters. The van der Waals surface area contributed by atoms with E-state index in [4.69, 9.17) is 0 Å². The lowest BCUT2D eigenvalue weighted by Gasteiger charge is -2.13. The molecule has 2 amide bonds. The highest BCUT2D eigenvalue weighted by Crippen LogP contribution is 2.30. The molecule has 0 unspecified atom stereocenters. The molecular weight excluding hydrogens is 335 g/mol. The first-order valence-electron chi connectivity index (χ1n) is 7.43. The van der Waals surface area contributed by atoms with Crippen molar-refractivity contribution in [1.82, 2.24) is 10.9 Å². The molecule has 25 heavy (non-hydrogen) atoms. The molecule has 3 N–H and O–H groups in total. The summed E-state index contributed by atoms with van der Waals surface area (Å²) < 4.78 is 37.8. The molecule has 2 aromatic rings. The topological polar surface area (TPSA) is 70.2 Å². The smallest absolute Gasteiger partial charge is 0.355 e. The van der Waals surface area contributed by atoms with Crippen molar-refractivity contribution in [2.75, 3.05) is 5.32 Å². The van der Waals surface area contributed by atoms with Crippen molar-refractivity contribution in [3.8, 4) is 0 Å². The average molecular weight is 351 g/mol. The van der Waals surface area contributed by atoms with E-state index >= 15 is 0 Å². The van der Waals surface area contributed by atoms with Crippen molar-refractivity contribution in [1.29, 1.82) is 0 Å². The lowest BCUT2D eigenvalue weighted by atomic mass is 10.1. The van der Waals surface area contributed by atoms with Gasteiger partial charge in [0, 0.05) is 12.1 Å². The van der Waals surface area contributed by atoms with Gasteiger partial charge < -0.3 is 5.32 Å². The summed E-state index contributed by atoms with van der Waals surface area (Å²) >= 11 is 0. The zero-order valence-corrected chi connectivity index (χ0v) is 13.3. The fourth-order valence-corrected chi connectivity index (χ4v) is 1.97. The monoisotopic (exact) mass is 351 g/mol. The number of hydrogen-bond acceptors (Lipinski definition) is 3. The van der Waals surface area contributed by atoms with E-state index < -0.39 is 17.6 Å². The molecule has 0 saturated carbocycles. The molecule has 132 valence electrons. The Morgan fingerprint density at radius 2 is 1.60 bits per heavy atom. The molecule has 0 saturated heterocycles. The highest BCUT2D eigenvalue weighted by atomic mass is 19.4. The van der Waals surface area contributed by atoms with E-state index in [0.717, 1.165) is 12.1 Å². The number of anilines is 2. The third-order valence-corrected chi connectivity index (χ3v) is 3.30. The first kappa shape index (κ1) is 18.3. The SMILES string of the molecule is CCC(=O)NNC(=O)c1ccccc1Nc1ccc(C(F)(F)F)cc1. The van der Waals surface area contributed by atoms with Crippen molar-refractivity contribution in [3.63, 3.8) is 0 Å². The normalized spacial score (nSPS) is 10.9. The predicted molar refractivity (Wildman–Crippen MR) is 87.1 cm³/mol. The number of hydrazine groups is 1. The van der Waals surface area contributed by atoms with Crippen molar-refractivity contribution < 1.29 is 22.8 Å². The largest absolute Gasteiger partial charge is 0.416 e. The molecule has 0 bridgehead atoms. The van der Waals surface area contributed by atoms with Gasteiger partial charge in [0.1, 0.15) is 0 Å². The second kappa shape index (κ2) is 7.69. The summed E-state index contributed by atoms with van der Waals surface area (Å²) in [5.74, 6) is -0.890. The van der Waals surface area contributed by atoms with Crippen LogP contribution in [0.3, 0.4) is 0 Å². The summed E-state index contributed by atoms with van der Waals surface area (Å²) in [5, 5.41) is 2.89. The Morgan fingerprint density at radius 3 is 2.20 bits per heavy atom. The Kier molecular flexibility index (Phi) is 5.63. The maximum Gasteiger partial charge on any atom is 0.416 e. The molecule has 0 fully saturated rings. The van der Waals surface area contributed by atoms with E-state index in [1.54, 1.807) is 25.1 Å². The van der Waals surface area contributed by atoms with Gasteiger partial charge in [-0.3, -0.25) is 20.4 Å². The summed E-state index contributed by atoms with van der Waals surface area (Å²) in [5.41, 5.74) is 4.80. The molecule has 0 radical (unpaired) electrons. The first-order valence-corrected chi connectivity index (χ1v) is 7.43. The Hall–Kier alpha value is -3.03. The molecule has 2 rings (SSSR count). The Balaban J connectivity index is 2.15. The van der Waals surface area contributed by atoms with Gasteiger partial charge in [-0.1, -0.05) is 19.1 Å². The quantitative estimate of drug-likeness (QED) is 0.737. The number of benzene rings is 2. The van der Waals surface area contributed by atoms with Crippen LogP contribution in [-0.2, 0) is 11.0 Å². The highest BCUT2D eigenvalue weighted by molar-refractivity contribution is 6.01. The van der Waals surface area contributed by atoms with Crippen molar-refractivity contribution >= 4 is 23.2 Å². The van der Waals surface area contributed by atoms with Gasteiger partial charge in [0.25, 0.3) is 5.91 Å². The highest BCUT2D eigenvalue weighted by Gasteiger charge is 2.29. The number of rotatable bonds is 4. The summed E-state index contributed by atoms with van der Waals surface area (Å²) in [6, 6.07) is 10.9. The van der Waals surface area contributed by atoms with E-state index in [-0.39, 0.29) is 17.9 Å². The zero-order chi connectivity index (χ0) is 18.4. The third kappa shape index (κ3) is 4.97. The van der Waals surface area contributed by atoms with E-state index in [1.165, 1.54) is 18.2 Å². The number of halogens is 3. The molecule has 0 spiro atoms. The van der Waals surface area contributed by atoms with Gasteiger partial charge in [0.2, 0.25) is 5.91 Å². The molecule has 0 aromatic heterocycles. The molecule has 0 aliphatic rings. The average Bonchev–Trinajstić information content (AvgIpc) is 2.59. The maximum atomic E-state index is 12.6. The number of carbonyl (C=O) groups excluding carboxylic acids is 2. The van der Waals surface area contributed by atoms with Crippen LogP contribution >= 0.6 is 0 Å². The molecule has 5 nitrogen and oxygen atoms in total. The molecular formula is C17H16F3N3O2. The van der Waals surface area contributed by atoms with Gasteiger partial charge in [-0.25, -0.2) is 0 Å². The van der Waals surface area contributed by atoms with Gasteiger partial charge in [0.15, 0.2) is 0 Å². The van der Waals surface area contributed by atoms with Crippen molar-refractivity contribution in [3.05, 3.63) is 59.7 Å². The van der Waals surface area contributed by atoms with E-state index in [0.29, 0.717) is 11.4 Å². The van der Waals surface area contributed by atoms with Crippen LogP contribution in [0.5, 0.6) is 0 Å². The third-order valence-electron chi connectivity index (χ3n) is 3.30. The van der Waals surface area contributed by atoms with E-state index in [1.807, 2.05) is 0 Å². The fraction of sp³-hybridized carbons (Fsp3) is 0.176. The second-order valence-electron chi connectivity index (χ2n) is 5.10. The minimum Gasteiger partial charge on any atom is -0.355 e. The van der Waals surface area contributed by atoms with Crippen LogP contribution in [0.2, 0.25) is 0 Å². The Morgan fingerprint density at radius 1 is 0.960 bits per heavy atom. The standard InChI is InChI=1S/C17H16F3N3O2/c1-2-15(24)22-23-16(25)13-5-3-4-6-14(13)21-12-9-7-11(8-10-12)17(18,19)20/h3-10,21H,2H2,1H3,(H,22,24)(H,23,25). The molecule has 8 heteroatoms. The molecule has 0 heterocycles. The first-order chi connectivity index (χ1) is 11.8. The number of amides is 2. The number of hydrogen-bond donors (Lipinski definition) is 3. The molecule has 0 aliphatic carbocycles. The summed E-state index contributed by atoms with van der Waals surface area (Å²) in [6.45, 7) is 1.64. The lowest BCUT2D eigenvalue weighted by molar-refractivity contribution is -0.137. The van der Waals surface area contributed by atoms with Crippen LogP contribution in [0.4, 0.5) is 24.5 Å². The van der Waals surface area contributed by atoms with Crippen molar-refractivity contribution in [2.45, 2.75) is 19.5 Å². The minimum atomic E-state index is -4.41. The van der Waals surface area contributed by atoms with Crippen LogP contribution in [0.25, 0.3) is 0 Å². The van der Waals surface area contributed by atoms with Crippen molar-refractivity contribution in [2.24, 2.45) is 0 Å². The number of carbonyl (C=O) groups is 2. The minimum absolute atomic E-state index is 0.214. The molecule has 0 aliphatic heterocycles. The summed E-state index contributed by atoms with van der Waals surface area (Å²) in [7, 11) is 0. The van der Waals surface area contributed by atoms with Gasteiger partial charge >= 0.3 is 6.18 Å². The van der Waals surface area contributed by atoms with Crippen LogP contribution in [0.15, 0.2) is 48.5 Å². The van der Waals surface area contributed by atoms with Crippen LogP contribution in [0, 0.1) is 0 Å². The number of nitrogens with one attached hydrogen (secondary N) is 3. The Bertz CT molecular complexity index is 758. The zero-order valence-electron chi connectivity index (χ0n) is 13.3. The van der Waals surface area contributed by atoms with E-state index in [9.17, 15) is 22.8 Å². The number of para-hydroxylation sites is 1. The van der Waals surface area contributed by atoms with Gasteiger partial charge in [-0.15, -0.1) is 0 Å². The van der Waals surface area contributed by atoms with Crippen LogP contribution in [0.1, 0.15) is 29.3 Å². The maximum absolute atomic E-state index is 12.6. The summed E-state index contributed by atoms with van der Waals surface area (Å²) in [4.78, 5) is 23.4. The van der Waals surface area contributed by atoms with Gasteiger partial charge in [-0.05, 0) is 36.4 Å². The van der Waals surface area contributed by atoms with Crippen LogP contribution in [-0.4, -0.2) is 11.8 Å². The van der Waals surface area contributed by atoms with Gasteiger partial charge in [0.05, 0.1) is 16.8 Å². The molecule has 2 aromatic carbocycles. The predicted octanol–water partition coefficient (Wildman–Crippen LogP) is 3.62. The van der Waals surface area contributed by atoms with Crippen LogP contribution < -0.4 is 16.2 Å². The number of alkyl halides is 3. The van der Waals surface area contributed by atoms with E-state index in [2.05, 4.69) is 16.2 Å². The summed E-state index contributed by atoms with van der Waals surface area (Å²) in [6.07, 6.45) is -4.19. The van der Waals surface area contributed by atoms with Gasteiger partial charge in [-0.2, -0.15) is 13.2 Å².